The molecule has 4 heteroatoms. The molecular weight excluding hydrogens is 154 g/mol. The van der Waals surface area contributed by atoms with E-state index in [4.69, 9.17) is 4.52 Å². The maximum atomic E-state index is 5.13. The first-order chi connectivity index (χ1) is 5.77. The van der Waals surface area contributed by atoms with Gasteiger partial charge in [-0.05, 0) is 18.0 Å². The number of rotatable bonds is 2. The molecule has 4 nitrogen and oxygen atoms in total. The van der Waals surface area contributed by atoms with Gasteiger partial charge in [-0.25, -0.2) is 0 Å². The third kappa shape index (κ3) is 1.17. The smallest absolute Gasteiger partial charge is 0.265 e. The van der Waals surface area contributed by atoms with E-state index in [0.717, 1.165) is 5.89 Å². The monoisotopic (exact) mass is 167 g/mol. The number of anilines is 1. The molecule has 0 bridgehead atoms. The van der Waals surface area contributed by atoms with E-state index in [1.54, 1.807) is 0 Å². The molecule has 0 radical (unpaired) electrons. The summed E-state index contributed by atoms with van der Waals surface area (Å²) in [5, 5.41) is 3.86. The Balaban J connectivity index is 2.12. The number of hydrogen-bond donors (Lipinski definition) is 0. The second-order valence-corrected chi connectivity index (χ2v) is 3.45. The van der Waals surface area contributed by atoms with Gasteiger partial charge in [-0.3, -0.25) is 0 Å². The van der Waals surface area contributed by atoms with E-state index in [9.17, 15) is 0 Å². The van der Waals surface area contributed by atoms with Crippen LogP contribution in [0.2, 0.25) is 0 Å². The number of nitrogens with zero attached hydrogens (tertiary/aromatic N) is 3. The van der Waals surface area contributed by atoms with Crippen molar-refractivity contribution in [2.24, 2.45) is 0 Å². The zero-order valence-corrected chi connectivity index (χ0v) is 7.45. The lowest BCUT2D eigenvalue weighted by atomic mass is 9.85. The largest absolute Gasteiger partial charge is 0.344 e. The summed E-state index contributed by atoms with van der Waals surface area (Å²) in [7, 11) is 3.82. The zero-order chi connectivity index (χ0) is 8.55. The minimum Gasteiger partial charge on any atom is -0.344 e. The Hall–Kier alpha value is -1.06. The van der Waals surface area contributed by atoms with Crippen LogP contribution >= 0.6 is 0 Å². The van der Waals surface area contributed by atoms with Gasteiger partial charge in [0.2, 0.25) is 5.89 Å². The van der Waals surface area contributed by atoms with E-state index in [2.05, 4.69) is 10.1 Å². The van der Waals surface area contributed by atoms with Crippen molar-refractivity contribution in [1.82, 2.24) is 10.1 Å². The average molecular weight is 167 g/mol. The van der Waals surface area contributed by atoms with Crippen molar-refractivity contribution in [3.8, 4) is 0 Å². The summed E-state index contributed by atoms with van der Waals surface area (Å²) in [6.45, 7) is 0. The van der Waals surface area contributed by atoms with E-state index in [1.165, 1.54) is 19.3 Å². The van der Waals surface area contributed by atoms with Gasteiger partial charge in [0.1, 0.15) is 0 Å². The number of hydrogen-bond acceptors (Lipinski definition) is 4. The van der Waals surface area contributed by atoms with E-state index >= 15 is 0 Å². The Kier molecular flexibility index (Phi) is 1.75. The van der Waals surface area contributed by atoms with Crippen LogP contribution in [0.5, 0.6) is 0 Å². The molecule has 1 aliphatic carbocycles. The van der Waals surface area contributed by atoms with Gasteiger partial charge in [0, 0.05) is 20.0 Å². The lowest BCUT2D eigenvalue weighted by molar-refractivity contribution is 0.292. The maximum Gasteiger partial charge on any atom is 0.265 e. The first-order valence-corrected chi connectivity index (χ1v) is 4.28. The van der Waals surface area contributed by atoms with Crippen LogP contribution in [0.1, 0.15) is 31.1 Å². The van der Waals surface area contributed by atoms with Crippen molar-refractivity contribution < 1.29 is 4.52 Å². The quantitative estimate of drug-likeness (QED) is 0.667. The molecule has 0 spiro atoms. The molecule has 0 aromatic carbocycles. The van der Waals surface area contributed by atoms with Crippen molar-refractivity contribution in [2.75, 3.05) is 19.0 Å². The third-order valence-corrected chi connectivity index (χ3v) is 2.29. The van der Waals surface area contributed by atoms with Gasteiger partial charge in [0.15, 0.2) is 0 Å². The Morgan fingerprint density at radius 3 is 2.58 bits per heavy atom. The number of aromatic nitrogens is 2. The Morgan fingerprint density at radius 1 is 1.42 bits per heavy atom. The van der Waals surface area contributed by atoms with Crippen molar-refractivity contribution in [3.05, 3.63) is 5.89 Å². The van der Waals surface area contributed by atoms with Gasteiger partial charge in [0.25, 0.3) is 5.95 Å². The minimum atomic E-state index is 0.534. The normalized spacial score (nSPS) is 17.5. The van der Waals surface area contributed by atoms with Crippen LogP contribution in [-0.2, 0) is 0 Å². The second-order valence-electron chi connectivity index (χ2n) is 3.45. The molecule has 1 fully saturated rings. The Morgan fingerprint density at radius 2 is 2.17 bits per heavy atom. The summed E-state index contributed by atoms with van der Waals surface area (Å²) in [5.74, 6) is 2.02. The van der Waals surface area contributed by atoms with Crippen molar-refractivity contribution in [3.63, 3.8) is 0 Å². The summed E-state index contributed by atoms with van der Waals surface area (Å²) in [4.78, 5) is 6.13. The second kappa shape index (κ2) is 2.77. The Bertz CT molecular complexity index is 265. The van der Waals surface area contributed by atoms with Crippen LogP contribution in [0, 0.1) is 0 Å². The van der Waals surface area contributed by atoms with Crippen molar-refractivity contribution in [2.45, 2.75) is 25.2 Å². The van der Waals surface area contributed by atoms with Crippen LogP contribution in [0.3, 0.4) is 0 Å². The summed E-state index contributed by atoms with van der Waals surface area (Å²) in [6.07, 6.45) is 3.70. The summed E-state index contributed by atoms with van der Waals surface area (Å²) >= 11 is 0. The standard InChI is InChI=1S/C8H13N3O/c1-11(2)8-9-7(12-10-8)6-4-3-5-6/h6H,3-5H2,1-2H3. The van der Waals surface area contributed by atoms with E-state index in [0.29, 0.717) is 11.9 Å². The highest BCUT2D eigenvalue weighted by Gasteiger charge is 2.25. The molecule has 12 heavy (non-hydrogen) atoms. The molecule has 1 heterocycles. The predicted molar refractivity (Wildman–Crippen MR) is 45.2 cm³/mol. The molecule has 1 aromatic rings. The molecule has 1 aromatic heterocycles. The molecule has 66 valence electrons. The van der Waals surface area contributed by atoms with E-state index < -0.39 is 0 Å². The van der Waals surface area contributed by atoms with Crippen LogP contribution < -0.4 is 4.90 Å². The highest BCUT2D eigenvalue weighted by molar-refractivity contribution is 5.24. The third-order valence-electron chi connectivity index (χ3n) is 2.29. The SMILES string of the molecule is CN(C)c1noc(C2CCC2)n1. The topological polar surface area (TPSA) is 42.2 Å². The minimum absolute atomic E-state index is 0.534. The van der Waals surface area contributed by atoms with Gasteiger partial charge < -0.3 is 9.42 Å². The lowest BCUT2D eigenvalue weighted by Crippen LogP contribution is -2.12. The molecule has 0 aliphatic heterocycles. The van der Waals surface area contributed by atoms with Crippen LogP contribution in [0.4, 0.5) is 5.95 Å². The molecule has 2 rings (SSSR count). The van der Waals surface area contributed by atoms with Gasteiger partial charge in [-0.2, -0.15) is 4.98 Å². The first-order valence-electron chi connectivity index (χ1n) is 4.28. The highest BCUT2D eigenvalue weighted by atomic mass is 16.5. The van der Waals surface area contributed by atoms with Gasteiger partial charge in [-0.15, -0.1) is 0 Å². The lowest BCUT2D eigenvalue weighted by Gasteiger charge is -2.20. The summed E-state index contributed by atoms with van der Waals surface area (Å²) in [5.41, 5.74) is 0. The van der Waals surface area contributed by atoms with Gasteiger partial charge >= 0.3 is 0 Å². The van der Waals surface area contributed by atoms with Gasteiger partial charge in [-0.1, -0.05) is 6.42 Å². The average Bonchev–Trinajstić information content (AvgIpc) is 2.32. The zero-order valence-electron chi connectivity index (χ0n) is 7.45. The van der Waals surface area contributed by atoms with Crippen molar-refractivity contribution >= 4 is 5.95 Å². The molecular formula is C8H13N3O. The molecule has 0 amide bonds. The molecule has 0 atom stereocenters. The van der Waals surface area contributed by atoms with E-state index in [1.807, 2.05) is 19.0 Å². The summed E-state index contributed by atoms with van der Waals surface area (Å²) in [6, 6.07) is 0. The Labute approximate surface area is 71.6 Å². The van der Waals surface area contributed by atoms with Gasteiger partial charge in [0.05, 0.1) is 0 Å². The summed E-state index contributed by atoms with van der Waals surface area (Å²) < 4.78 is 5.13. The fraction of sp³-hybridized carbons (Fsp3) is 0.750. The molecule has 0 saturated heterocycles. The van der Waals surface area contributed by atoms with E-state index in [-0.39, 0.29) is 0 Å². The fourth-order valence-corrected chi connectivity index (χ4v) is 1.23. The molecule has 0 N–H and O–H groups in total. The van der Waals surface area contributed by atoms with Crippen molar-refractivity contribution in [1.29, 1.82) is 0 Å². The first kappa shape index (κ1) is 7.58. The molecule has 1 aliphatic rings. The fourth-order valence-electron chi connectivity index (χ4n) is 1.23. The molecule has 1 saturated carbocycles. The van der Waals surface area contributed by atoms with Crippen LogP contribution in [0.25, 0.3) is 0 Å². The molecule has 0 unspecified atom stereocenters. The maximum absolute atomic E-state index is 5.13. The van der Waals surface area contributed by atoms with Crippen LogP contribution in [0.15, 0.2) is 4.52 Å². The highest BCUT2D eigenvalue weighted by Crippen LogP contribution is 2.35. The van der Waals surface area contributed by atoms with Crippen LogP contribution in [-0.4, -0.2) is 24.2 Å². The predicted octanol–water partition coefficient (Wildman–Crippen LogP) is 1.40.